The van der Waals surface area contributed by atoms with Gasteiger partial charge in [0.05, 0.1) is 10.7 Å². The van der Waals surface area contributed by atoms with Gasteiger partial charge < -0.3 is 5.32 Å². The zero-order valence-electron chi connectivity index (χ0n) is 14.8. The molecule has 5 nitrogen and oxygen atoms in total. The number of thioether (sulfide) groups is 1. The molecule has 6 heteroatoms. The van der Waals surface area contributed by atoms with E-state index in [0.717, 1.165) is 4.90 Å². The molecule has 0 saturated carbocycles. The monoisotopic (exact) mass is 358 g/mol. The normalized spacial score (nSPS) is 11.2. The maximum absolute atomic E-state index is 12.1. The van der Waals surface area contributed by atoms with Crippen LogP contribution in [0.25, 0.3) is 0 Å². The van der Waals surface area contributed by atoms with Gasteiger partial charge in [0.2, 0.25) is 5.91 Å². The molecule has 25 heavy (non-hydrogen) atoms. The van der Waals surface area contributed by atoms with Gasteiger partial charge in [-0.05, 0) is 41.7 Å². The zero-order chi connectivity index (χ0) is 18.6. The van der Waals surface area contributed by atoms with E-state index in [1.165, 1.54) is 29.5 Å². The average Bonchev–Trinajstić information content (AvgIpc) is 2.54. The second kappa shape index (κ2) is 7.70. The number of aryl methyl sites for hydroxylation is 1. The predicted octanol–water partition coefficient (Wildman–Crippen LogP) is 4.93. The van der Waals surface area contributed by atoms with Crippen LogP contribution in [0.3, 0.4) is 0 Å². The molecule has 0 bridgehead atoms. The second-order valence-electron chi connectivity index (χ2n) is 6.87. The molecule has 1 amide bonds. The minimum absolute atomic E-state index is 0.0174. The molecule has 2 rings (SSSR count). The SMILES string of the molecule is Cc1cc([N+](=O)[O-])ccc1NC(=O)CSc1ccc(C(C)(C)C)cc1. The molecule has 0 aromatic heterocycles. The van der Waals surface area contributed by atoms with Crippen LogP contribution in [0.1, 0.15) is 31.9 Å². The van der Waals surface area contributed by atoms with E-state index in [1.807, 2.05) is 12.1 Å². The lowest BCUT2D eigenvalue weighted by Crippen LogP contribution is -2.15. The molecule has 2 aromatic carbocycles. The van der Waals surface area contributed by atoms with E-state index < -0.39 is 4.92 Å². The number of hydrogen-bond donors (Lipinski definition) is 1. The van der Waals surface area contributed by atoms with Crippen molar-refractivity contribution in [2.45, 2.75) is 38.0 Å². The summed E-state index contributed by atoms with van der Waals surface area (Å²) in [5.41, 5.74) is 2.64. The average molecular weight is 358 g/mol. The summed E-state index contributed by atoms with van der Waals surface area (Å²) in [6, 6.07) is 12.6. The maximum atomic E-state index is 12.1. The highest BCUT2D eigenvalue weighted by atomic mass is 32.2. The number of anilines is 1. The van der Waals surface area contributed by atoms with Crippen molar-refractivity contribution in [3.63, 3.8) is 0 Å². The summed E-state index contributed by atoms with van der Waals surface area (Å²) >= 11 is 1.46. The lowest BCUT2D eigenvalue weighted by molar-refractivity contribution is -0.384. The van der Waals surface area contributed by atoms with E-state index in [0.29, 0.717) is 11.3 Å². The van der Waals surface area contributed by atoms with Crippen LogP contribution in [0.4, 0.5) is 11.4 Å². The third kappa shape index (κ3) is 5.32. The van der Waals surface area contributed by atoms with Crippen molar-refractivity contribution in [1.29, 1.82) is 0 Å². The van der Waals surface area contributed by atoms with Crippen LogP contribution in [0.5, 0.6) is 0 Å². The van der Waals surface area contributed by atoms with Crippen LogP contribution in [-0.2, 0) is 10.2 Å². The van der Waals surface area contributed by atoms with Gasteiger partial charge in [-0.3, -0.25) is 14.9 Å². The number of nitro groups is 1. The summed E-state index contributed by atoms with van der Waals surface area (Å²) in [6.07, 6.45) is 0. The Bertz CT molecular complexity index is 780. The van der Waals surface area contributed by atoms with Gasteiger partial charge in [-0.1, -0.05) is 32.9 Å². The third-order valence-electron chi connectivity index (χ3n) is 3.79. The van der Waals surface area contributed by atoms with Crippen LogP contribution in [0, 0.1) is 17.0 Å². The Morgan fingerprint density at radius 2 is 1.80 bits per heavy atom. The van der Waals surface area contributed by atoms with E-state index in [4.69, 9.17) is 0 Å². The third-order valence-corrected chi connectivity index (χ3v) is 4.80. The molecule has 0 heterocycles. The van der Waals surface area contributed by atoms with Crippen molar-refractivity contribution in [3.05, 3.63) is 63.7 Å². The molecular formula is C19H22N2O3S. The predicted molar refractivity (Wildman–Crippen MR) is 102 cm³/mol. The molecular weight excluding hydrogens is 336 g/mol. The molecule has 0 aliphatic rings. The smallest absolute Gasteiger partial charge is 0.269 e. The van der Waals surface area contributed by atoms with Crippen molar-refractivity contribution < 1.29 is 9.72 Å². The standard InChI is InChI=1S/C19H22N2O3S/c1-13-11-15(21(23)24)7-10-17(13)20-18(22)12-25-16-8-5-14(6-9-16)19(2,3)4/h5-11H,12H2,1-4H3,(H,20,22). The topological polar surface area (TPSA) is 72.2 Å². The Kier molecular flexibility index (Phi) is 5.85. The van der Waals surface area contributed by atoms with Crippen LogP contribution in [0.2, 0.25) is 0 Å². The molecule has 0 unspecified atom stereocenters. The molecule has 0 radical (unpaired) electrons. The Morgan fingerprint density at radius 1 is 1.16 bits per heavy atom. The van der Waals surface area contributed by atoms with Gasteiger partial charge in [0.15, 0.2) is 0 Å². The minimum atomic E-state index is -0.449. The summed E-state index contributed by atoms with van der Waals surface area (Å²) in [7, 11) is 0. The molecule has 0 aliphatic carbocycles. The maximum Gasteiger partial charge on any atom is 0.269 e. The van der Waals surface area contributed by atoms with E-state index in [1.54, 1.807) is 13.0 Å². The van der Waals surface area contributed by atoms with Gasteiger partial charge >= 0.3 is 0 Å². The molecule has 2 aromatic rings. The van der Waals surface area contributed by atoms with E-state index >= 15 is 0 Å². The van der Waals surface area contributed by atoms with Crippen LogP contribution >= 0.6 is 11.8 Å². The first-order valence-corrected chi connectivity index (χ1v) is 8.93. The Hall–Kier alpha value is -2.34. The lowest BCUT2D eigenvalue weighted by Gasteiger charge is -2.19. The second-order valence-corrected chi connectivity index (χ2v) is 7.92. The van der Waals surface area contributed by atoms with E-state index in [2.05, 4.69) is 38.2 Å². The number of rotatable bonds is 5. The van der Waals surface area contributed by atoms with Crippen molar-refractivity contribution in [2.24, 2.45) is 0 Å². The van der Waals surface area contributed by atoms with E-state index in [9.17, 15) is 14.9 Å². The highest BCUT2D eigenvalue weighted by molar-refractivity contribution is 8.00. The minimum Gasteiger partial charge on any atom is -0.325 e. The van der Waals surface area contributed by atoms with E-state index in [-0.39, 0.29) is 22.8 Å². The van der Waals surface area contributed by atoms with Gasteiger partial charge in [0.25, 0.3) is 5.69 Å². The number of nitrogens with one attached hydrogen (secondary N) is 1. The summed E-state index contributed by atoms with van der Waals surface area (Å²) < 4.78 is 0. The van der Waals surface area contributed by atoms with Crippen LogP contribution < -0.4 is 5.32 Å². The summed E-state index contributed by atoms with van der Waals surface area (Å²) in [5.74, 6) is 0.146. The van der Waals surface area contributed by atoms with Gasteiger partial charge in [0.1, 0.15) is 0 Å². The highest BCUT2D eigenvalue weighted by Gasteiger charge is 2.13. The Morgan fingerprint density at radius 3 is 2.32 bits per heavy atom. The number of carbonyl (C=O) groups is 1. The highest BCUT2D eigenvalue weighted by Crippen LogP contribution is 2.26. The lowest BCUT2D eigenvalue weighted by atomic mass is 9.87. The summed E-state index contributed by atoms with van der Waals surface area (Å²) in [4.78, 5) is 23.4. The number of carbonyl (C=O) groups excluding carboxylic acids is 1. The fraction of sp³-hybridized carbons (Fsp3) is 0.316. The molecule has 0 saturated heterocycles. The fourth-order valence-electron chi connectivity index (χ4n) is 2.29. The number of nitro benzene ring substituents is 1. The quantitative estimate of drug-likeness (QED) is 0.467. The number of amides is 1. The summed E-state index contributed by atoms with van der Waals surface area (Å²) in [6.45, 7) is 8.22. The van der Waals surface area contributed by atoms with Gasteiger partial charge in [-0.25, -0.2) is 0 Å². The first kappa shape index (κ1) is 19.0. The van der Waals surface area contributed by atoms with Crippen molar-refractivity contribution in [2.75, 3.05) is 11.1 Å². The first-order valence-electron chi connectivity index (χ1n) is 7.95. The summed E-state index contributed by atoms with van der Waals surface area (Å²) in [5, 5.41) is 13.5. The van der Waals surface area contributed by atoms with Gasteiger partial charge in [0, 0.05) is 22.7 Å². The molecule has 1 N–H and O–H groups in total. The molecule has 0 atom stereocenters. The fourth-order valence-corrected chi connectivity index (χ4v) is 2.99. The Balaban J connectivity index is 1.94. The molecule has 0 fully saturated rings. The van der Waals surface area contributed by atoms with Crippen LogP contribution in [0.15, 0.2) is 47.4 Å². The molecule has 132 valence electrons. The Labute approximate surface area is 152 Å². The zero-order valence-corrected chi connectivity index (χ0v) is 15.6. The number of benzene rings is 2. The van der Waals surface area contributed by atoms with Crippen LogP contribution in [-0.4, -0.2) is 16.6 Å². The number of nitrogens with zero attached hydrogens (tertiary/aromatic N) is 1. The van der Waals surface area contributed by atoms with Gasteiger partial charge in [-0.2, -0.15) is 0 Å². The number of non-ortho nitro benzene ring substituents is 1. The van der Waals surface area contributed by atoms with Crippen molar-refractivity contribution in [1.82, 2.24) is 0 Å². The van der Waals surface area contributed by atoms with Gasteiger partial charge in [-0.15, -0.1) is 11.8 Å². The molecule has 0 spiro atoms. The number of hydrogen-bond acceptors (Lipinski definition) is 4. The first-order chi connectivity index (χ1) is 11.7. The largest absolute Gasteiger partial charge is 0.325 e. The van der Waals surface area contributed by atoms with Crippen molar-refractivity contribution in [3.8, 4) is 0 Å². The van der Waals surface area contributed by atoms with Crippen molar-refractivity contribution >= 4 is 29.0 Å². The molecule has 0 aliphatic heterocycles.